The van der Waals surface area contributed by atoms with Crippen molar-refractivity contribution >= 4 is 21.6 Å². The minimum atomic E-state index is -0.798. The van der Waals surface area contributed by atoms with Crippen LogP contribution in [0.3, 0.4) is 0 Å². The molecule has 0 unspecified atom stereocenters. The Hall–Kier alpha value is -3.04. The second kappa shape index (κ2) is 10.7. The van der Waals surface area contributed by atoms with Crippen molar-refractivity contribution in [3.8, 4) is 5.75 Å². The number of aromatic nitrogens is 1. The highest BCUT2D eigenvalue weighted by Gasteiger charge is 2.15. The first-order valence-corrected chi connectivity index (χ1v) is 11.6. The molecule has 4 rings (SSSR count). The van der Waals surface area contributed by atoms with Crippen molar-refractivity contribution in [1.82, 2.24) is 15.6 Å². The summed E-state index contributed by atoms with van der Waals surface area (Å²) in [6, 6.07) is 18.1. The lowest BCUT2D eigenvalue weighted by Gasteiger charge is -2.14. The fourth-order valence-corrected chi connectivity index (χ4v) is 4.68. The van der Waals surface area contributed by atoms with Gasteiger partial charge in [-0.05, 0) is 36.2 Å². The molecule has 0 fully saturated rings. The molecule has 0 bridgehead atoms. The fourth-order valence-electron chi connectivity index (χ4n) is 3.76. The number of aromatic amines is 1. The molecule has 4 aromatic rings. The first-order valence-electron chi connectivity index (χ1n) is 10.8. The maximum atomic E-state index is 13.7. The van der Waals surface area contributed by atoms with Crippen LogP contribution in [0.25, 0.3) is 10.2 Å². The molecular weight excluding hydrogens is 441 g/mol. The third-order valence-electron chi connectivity index (χ3n) is 5.47. The van der Waals surface area contributed by atoms with Crippen molar-refractivity contribution < 1.29 is 14.6 Å². The number of thiazole rings is 1. The predicted octanol–water partition coefficient (Wildman–Crippen LogP) is 3.59. The summed E-state index contributed by atoms with van der Waals surface area (Å²) < 4.78 is 14.3. The van der Waals surface area contributed by atoms with E-state index in [0.29, 0.717) is 47.5 Å². The molecule has 33 heavy (non-hydrogen) atoms. The van der Waals surface area contributed by atoms with Crippen LogP contribution in [0.4, 0.5) is 4.39 Å². The van der Waals surface area contributed by atoms with Crippen molar-refractivity contribution in [2.45, 2.75) is 25.6 Å². The zero-order valence-electron chi connectivity index (χ0n) is 18.0. The Balaban J connectivity index is 1.26. The van der Waals surface area contributed by atoms with Crippen molar-refractivity contribution in [3.63, 3.8) is 0 Å². The van der Waals surface area contributed by atoms with Crippen LogP contribution in [0.5, 0.6) is 5.75 Å². The summed E-state index contributed by atoms with van der Waals surface area (Å²) in [6.45, 7) is 2.12. The summed E-state index contributed by atoms with van der Waals surface area (Å²) in [7, 11) is 0. The molecule has 1 heterocycles. The number of hydrogen-bond acceptors (Lipinski definition) is 6. The van der Waals surface area contributed by atoms with Crippen LogP contribution in [0.15, 0.2) is 65.5 Å². The summed E-state index contributed by atoms with van der Waals surface area (Å²) in [5.74, 6) is -0.207. The molecule has 0 aliphatic heterocycles. The number of halogens is 1. The van der Waals surface area contributed by atoms with E-state index in [2.05, 4.69) is 27.8 Å². The summed E-state index contributed by atoms with van der Waals surface area (Å²) in [6.07, 6.45) is -0.00967. The van der Waals surface area contributed by atoms with E-state index in [1.54, 1.807) is 18.2 Å². The van der Waals surface area contributed by atoms with Crippen LogP contribution < -0.4 is 15.5 Å². The highest BCUT2D eigenvalue weighted by molar-refractivity contribution is 7.16. The zero-order valence-corrected chi connectivity index (χ0v) is 18.8. The Labute approximate surface area is 194 Å². The fraction of sp³-hybridized carbons (Fsp3) is 0.240. The van der Waals surface area contributed by atoms with Gasteiger partial charge in [0.05, 0.1) is 10.8 Å². The van der Waals surface area contributed by atoms with Gasteiger partial charge in [-0.2, -0.15) is 0 Å². The largest absolute Gasteiger partial charge is 0.506 e. The second-order valence-electron chi connectivity index (χ2n) is 7.88. The van der Waals surface area contributed by atoms with E-state index in [1.165, 1.54) is 12.1 Å². The molecule has 3 aromatic carbocycles. The minimum Gasteiger partial charge on any atom is -0.506 e. The number of aliphatic hydroxyl groups excluding tert-OH is 1. The van der Waals surface area contributed by atoms with Gasteiger partial charge in [-0.25, -0.2) is 4.39 Å². The van der Waals surface area contributed by atoms with Crippen LogP contribution in [-0.4, -0.2) is 28.3 Å². The summed E-state index contributed by atoms with van der Waals surface area (Å²) in [5.41, 5.74) is 3.91. The van der Waals surface area contributed by atoms with E-state index >= 15 is 0 Å². The molecule has 1 atom stereocenters. The Morgan fingerprint density at radius 1 is 1.00 bits per heavy atom. The molecule has 0 saturated carbocycles. The van der Waals surface area contributed by atoms with Crippen LogP contribution >= 0.6 is 11.3 Å². The smallest absolute Gasteiger partial charge is 0.305 e. The molecule has 0 aliphatic carbocycles. The van der Waals surface area contributed by atoms with E-state index in [1.807, 2.05) is 18.2 Å². The van der Waals surface area contributed by atoms with Crippen LogP contribution in [0, 0.1) is 5.82 Å². The molecular formula is C25H26FN3O3S. The number of aliphatic hydroxyl groups is 1. The van der Waals surface area contributed by atoms with Gasteiger partial charge in [0, 0.05) is 30.8 Å². The summed E-state index contributed by atoms with van der Waals surface area (Å²) in [5, 5.41) is 27.0. The van der Waals surface area contributed by atoms with E-state index in [0.717, 1.165) is 28.9 Å². The highest BCUT2D eigenvalue weighted by atomic mass is 32.1. The Kier molecular flexibility index (Phi) is 7.51. The Morgan fingerprint density at radius 2 is 1.82 bits per heavy atom. The van der Waals surface area contributed by atoms with Gasteiger partial charge < -0.3 is 25.8 Å². The molecule has 0 amide bonds. The first kappa shape index (κ1) is 23.1. The van der Waals surface area contributed by atoms with E-state index in [-0.39, 0.29) is 16.4 Å². The molecule has 0 spiro atoms. The Bertz CT molecular complexity index is 1290. The maximum Gasteiger partial charge on any atom is 0.305 e. The van der Waals surface area contributed by atoms with Gasteiger partial charge in [0.1, 0.15) is 17.1 Å². The van der Waals surface area contributed by atoms with Gasteiger partial charge in [-0.1, -0.05) is 59.9 Å². The standard InChI is InChI=1S/C25H26FN3O3S/c26-20-7-2-1-6-18(20)14-28-13-17-5-3-4-16(12-17)10-11-27-15-22(31)19-8-9-21(30)23-24(19)33-25(32)29-23/h1-9,12,22,27-28,30-31H,10-11,13-15H2,(H,29,32)/t22-/m0/s1. The number of H-pyrrole nitrogens is 1. The molecule has 0 radical (unpaired) electrons. The van der Waals surface area contributed by atoms with Crippen LogP contribution in [0.2, 0.25) is 0 Å². The average molecular weight is 468 g/mol. The maximum absolute atomic E-state index is 13.7. The molecule has 6 nitrogen and oxygen atoms in total. The van der Waals surface area contributed by atoms with Crippen molar-refractivity contribution in [2.24, 2.45) is 0 Å². The lowest BCUT2D eigenvalue weighted by atomic mass is 10.1. The van der Waals surface area contributed by atoms with Crippen molar-refractivity contribution in [1.29, 1.82) is 0 Å². The summed E-state index contributed by atoms with van der Waals surface area (Å²) >= 11 is 0.979. The highest BCUT2D eigenvalue weighted by Crippen LogP contribution is 2.31. The first-order chi connectivity index (χ1) is 16.0. The topological polar surface area (TPSA) is 97.4 Å². The molecule has 0 aliphatic rings. The third kappa shape index (κ3) is 5.85. The number of phenolic OH excluding ortho intramolecular Hbond substituents is 1. The lowest BCUT2D eigenvalue weighted by Crippen LogP contribution is -2.24. The molecule has 172 valence electrons. The van der Waals surface area contributed by atoms with Gasteiger partial charge in [0.25, 0.3) is 0 Å². The van der Waals surface area contributed by atoms with E-state index in [4.69, 9.17) is 0 Å². The van der Waals surface area contributed by atoms with Gasteiger partial charge in [0.2, 0.25) is 0 Å². The van der Waals surface area contributed by atoms with E-state index in [9.17, 15) is 19.4 Å². The molecule has 1 aromatic heterocycles. The number of benzene rings is 3. The quantitative estimate of drug-likeness (QED) is 0.230. The molecule has 0 saturated heterocycles. The monoisotopic (exact) mass is 467 g/mol. The second-order valence-corrected chi connectivity index (χ2v) is 8.86. The number of fused-ring (bicyclic) bond motifs is 1. The van der Waals surface area contributed by atoms with Gasteiger partial charge in [-0.3, -0.25) is 4.79 Å². The lowest BCUT2D eigenvalue weighted by molar-refractivity contribution is 0.176. The number of aromatic hydroxyl groups is 1. The molecule has 8 heteroatoms. The average Bonchev–Trinajstić information content (AvgIpc) is 3.21. The van der Waals surface area contributed by atoms with Crippen LogP contribution in [-0.2, 0) is 19.5 Å². The van der Waals surface area contributed by atoms with Crippen molar-refractivity contribution in [2.75, 3.05) is 13.1 Å². The van der Waals surface area contributed by atoms with Crippen LogP contribution in [0.1, 0.15) is 28.4 Å². The minimum absolute atomic E-state index is 0.00414. The van der Waals surface area contributed by atoms with Gasteiger partial charge in [0.15, 0.2) is 0 Å². The van der Waals surface area contributed by atoms with Gasteiger partial charge >= 0.3 is 4.87 Å². The number of phenols is 1. The van der Waals surface area contributed by atoms with Gasteiger partial charge in [-0.15, -0.1) is 0 Å². The normalized spacial score (nSPS) is 12.3. The zero-order chi connectivity index (χ0) is 23.2. The Morgan fingerprint density at radius 3 is 2.67 bits per heavy atom. The number of rotatable bonds is 10. The number of nitrogens with one attached hydrogen (secondary N) is 3. The predicted molar refractivity (Wildman–Crippen MR) is 129 cm³/mol. The SMILES string of the molecule is O=c1[nH]c2c(O)ccc([C@@H](O)CNCCc3cccc(CNCc4ccccc4F)c3)c2s1. The summed E-state index contributed by atoms with van der Waals surface area (Å²) in [4.78, 5) is 14.0. The third-order valence-corrected chi connectivity index (χ3v) is 6.40. The molecule has 5 N–H and O–H groups in total. The van der Waals surface area contributed by atoms with Crippen molar-refractivity contribution in [3.05, 3.63) is 98.4 Å². The number of hydrogen-bond donors (Lipinski definition) is 5. The van der Waals surface area contributed by atoms with E-state index < -0.39 is 6.10 Å².